The Morgan fingerprint density at radius 2 is 1.75 bits per heavy atom. The first-order chi connectivity index (χ1) is 18.8. The van der Waals surface area contributed by atoms with Crippen molar-refractivity contribution in [2.75, 3.05) is 34.2 Å². The molecule has 11 nitrogen and oxygen atoms in total. The second-order valence-corrected chi connectivity index (χ2v) is 12.4. The number of carbonyl (C=O) groups is 4. The number of likely N-dealkylation sites (tertiary alicyclic amines) is 1. The van der Waals surface area contributed by atoms with E-state index in [2.05, 4.69) is 11.9 Å². The van der Waals surface area contributed by atoms with Crippen LogP contribution in [0.25, 0.3) is 0 Å². The standard InChI is InChI=1S/C29H39N3O8/c1-31(2)21-20-23(34)16-12-15-7-6-14(5-4-13-8-10-32(3)11-9-13)22(33)17(15)24(35)18(16)26(37)29(20,40)27(38)19(25(21)36)28(30)39/h6-7,13,16,18-21,23,25,33-34,36,40H,4-5,8-12H2,1-3H3,(H2,30,39)/t16-,18?,19?,20-,21+,23+,25?,29+/m0/s1. The van der Waals surface area contributed by atoms with E-state index >= 15 is 0 Å². The largest absolute Gasteiger partial charge is 0.507 e. The molecule has 218 valence electrons. The lowest BCUT2D eigenvalue weighted by molar-refractivity contribution is -0.207. The number of carbonyl (C=O) groups excluding carboxylic acids is 4. The summed E-state index contributed by atoms with van der Waals surface area (Å²) >= 11 is 0. The van der Waals surface area contributed by atoms with Gasteiger partial charge in [0.25, 0.3) is 0 Å². The Balaban J connectivity index is 1.50. The number of nitrogens with two attached hydrogens (primary N) is 1. The molecule has 1 aliphatic heterocycles. The Labute approximate surface area is 232 Å². The van der Waals surface area contributed by atoms with Gasteiger partial charge in [0, 0.05) is 17.9 Å². The quantitative estimate of drug-likeness (QED) is 0.279. The lowest BCUT2D eigenvalue weighted by atomic mass is 9.51. The van der Waals surface area contributed by atoms with Gasteiger partial charge in [-0.2, -0.15) is 0 Å². The lowest BCUT2D eigenvalue weighted by Gasteiger charge is -2.56. The van der Waals surface area contributed by atoms with E-state index in [-0.39, 0.29) is 17.7 Å². The summed E-state index contributed by atoms with van der Waals surface area (Å²) in [6.07, 6.45) is 0.343. The maximum absolute atomic E-state index is 13.9. The molecule has 2 saturated carbocycles. The van der Waals surface area contributed by atoms with Crippen LogP contribution in [0.15, 0.2) is 12.1 Å². The van der Waals surface area contributed by atoms with Crippen LogP contribution in [0.3, 0.4) is 0 Å². The second-order valence-electron chi connectivity index (χ2n) is 12.4. The highest BCUT2D eigenvalue weighted by atomic mass is 16.3. The molecule has 5 rings (SSSR count). The first-order valence-electron chi connectivity index (χ1n) is 14.0. The minimum atomic E-state index is -2.91. The summed E-state index contributed by atoms with van der Waals surface area (Å²) in [7, 11) is 5.14. The molecule has 6 N–H and O–H groups in total. The number of likely N-dealkylation sites (N-methyl/N-ethyl adjacent to an activating group) is 1. The van der Waals surface area contributed by atoms with Crippen LogP contribution in [0, 0.1) is 29.6 Å². The Morgan fingerprint density at radius 3 is 2.35 bits per heavy atom. The van der Waals surface area contributed by atoms with E-state index in [1.807, 2.05) is 0 Å². The molecule has 1 saturated heterocycles. The number of primary amides is 1. The van der Waals surface area contributed by atoms with Crippen molar-refractivity contribution in [3.8, 4) is 5.75 Å². The molecule has 1 aromatic rings. The number of benzene rings is 1. The number of hydrogen-bond donors (Lipinski definition) is 5. The lowest BCUT2D eigenvalue weighted by Crippen LogP contribution is -2.78. The summed E-state index contributed by atoms with van der Waals surface area (Å²) in [6.45, 7) is 2.02. The number of Topliss-reactive ketones (excluding diaryl/α,β-unsaturated/α-hetero) is 3. The van der Waals surface area contributed by atoms with Crippen LogP contribution < -0.4 is 5.73 Å². The van der Waals surface area contributed by atoms with Crippen LogP contribution in [0.1, 0.15) is 40.7 Å². The summed E-state index contributed by atoms with van der Waals surface area (Å²) in [5.41, 5.74) is 3.52. The average Bonchev–Trinajstić information content (AvgIpc) is 2.89. The van der Waals surface area contributed by atoms with Gasteiger partial charge in [0.05, 0.1) is 23.7 Å². The summed E-state index contributed by atoms with van der Waals surface area (Å²) < 4.78 is 0. The second kappa shape index (κ2) is 10.3. The van der Waals surface area contributed by atoms with Gasteiger partial charge in [0.15, 0.2) is 23.0 Å². The topological polar surface area (TPSA) is 182 Å². The summed E-state index contributed by atoms with van der Waals surface area (Å²) in [4.78, 5) is 57.1. The minimum absolute atomic E-state index is 0.0244. The van der Waals surface area contributed by atoms with Crippen molar-refractivity contribution in [3.05, 3.63) is 28.8 Å². The number of piperidine rings is 1. The fourth-order valence-electron chi connectivity index (χ4n) is 7.76. The number of nitrogens with zero attached hydrogens (tertiary/aromatic N) is 2. The van der Waals surface area contributed by atoms with Crippen LogP contribution in [-0.4, -0.2) is 112 Å². The third-order valence-corrected chi connectivity index (χ3v) is 9.99. The van der Waals surface area contributed by atoms with E-state index < -0.39 is 70.8 Å². The van der Waals surface area contributed by atoms with Gasteiger partial charge >= 0.3 is 0 Å². The molecule has 3 unspecified atom stereocenters. The van der Waals surface area contributed by atoms with E-state index in [1.165, 1.54) is 19.0 Å². The Bertz CT molecular complexity index is 1240. The number of phenolic OH excluding ortho intramolecular Hbond substituents is 1. The predicted molar refractivity (Wildman–Crippen MR) is 142 cm³/mol. The van der Waals surface area contributed by atoms with Crippen molar-refractivity contribution in [2.45, 2.75) is 56.0 Å². The van der Waals surface area contributed by atoms with Crippen molar-refractivity contribution in [3.63, 3.8) is 0 Å². The zero-order chi connectivity index (χ0) is 29.3. The van der Waals surface area contributed by atoms with Crippen LogP contribution in [0.2, 0.25) is 0 Å². The summed E-state index contributed by atoms with van der Waals surface area (Å²) in [5, 5.41) is 45.4. The van der Waals surface area contributed by atoms with Crippen LogP contribution in [-0.2, 0) is 27.2 Å². The monoisotopic (exact) mass is 557 g/mol. The Morgan fingerprint density at radius 1 is 1.10 bits per heavy atom. The number of ketones is 3. The normalized spacial score (nSPS) is 36.8. The Hall–Kier alpha value is -2.70. The molecule has 11 heteroatoms. The van der Waals surface area contributed by atoms with Crippen molar-refractivity contribution >= 4 is 23.3 Å². The van der Waals surface area contributed by atoms with Gasteiger partial charge in [-0.1, -0.05) is 12.1 Å². The Kier molecular flexibility index (Phi) is 7.41. The molecule has 40 heavy (non-hydrogen) atoms. The number of phenols is 1. The van der Waals surface area contributed by atoms with E-state index in [1.54, 1.807) is 12.1 Å². The highest BCUT2D eigenvalue weighted by Crippen LogP contribution is 2.51. The summed E-state index contributed by atoms with van der Waals surface area (Å²) in [6, 6.07) is 2.34. The molecule has 0 bridgehead atoms. The van der Waals surface area contributed by atoms with Crippen molar-refractivity contribution in [2.24, 2.45) is 35.3 Å². The first-order valence-corrected chi connectivity index (χ1v) is 14.0. The molecule has 0 aromatic heterocycles. The van der Waals surface area contributed by atoms with E-state index in [0.29, 0.717) is 23.5 Å². The number of amides is 1. The van der Waals surface area contributed by atoms with E-state index in [9.17, 15) is 39.6 Å². The van der Waals surface area contributed by atoms with Crippen LogP contribution in [0.5, 0.6) is 5.75 Å². The van der Waals surface area contributed by atoms with Gasteiger partial charge in [-0.05, 0) is 83.4 Å². The molecule has 4 aliphatic rings. The van der Waals surface area contributed by atoms with Gasteiger partial charge in [-0.3, -0.25) is 19.2 Å². The van der Waals surface area contributed by atoms with Gasteiger partial charge < -0.3 is 36.0 Å². The highest BCUT2D eigenvalue weighted by Gasteiger charge is 2.72. The molecule has 1 amide bonds. The molecular formula is C29H39N3O8. The number of rotatable bonds is 5. The fraction of sp³-hybridized carbons (Fsp3) is 0.655. The van der Waals surface area contributed by atoms with Crippen molar-refractivity contribution < 1.29 is 39.6 Å². The molecule has 8 atom stereocenters. The van der Waals surface area contributed by atoms with Gasteiger partial charge in [0.2, 0.25) is 5.91 Å². The predicted octanol–water partition coefficient (Wildman–Crippen LogP) is -1.10. The number of hydrogen-bond acceptors (Lipinski definition) is 10. The summed E-state index contributed by atoms with van der Waals surface area (Å²) in [5.74, 6) is -10.1. The smallest absolute Gasteiger partial charge is 0.230 e. The third kappa shape index (κ3) is 4.21. The molecular weight excluding hydrogens is 518 g/mol. The third-order valence-electron chi connectivity index (χ3n) is 9.99. The van der Waals surface area contributed by atoms with Crippen LogP contribution >= 0.6 is 0 Å². The highest BCUT2D eigenvalue weighted by molar-refractivity contribution is 6.25. The fourth-order valence-corrected chi connectivity index (χ4v) is 7.76. The number of aliphatic hydroxyl groups is 3. The molecule has 3 fully saturated rings. The van der Waals surface area contributed by atoms with Gasteiger partial charge in [0.1, 0.15) is 11.7 Å². The number of aryl methyl sites for hydroxylation is 1. The van der Waals surface area contributed by atoms with Crippen LogP contribution in [0.4, 0.5) is 0 Å². The van der Waals surface area contributed by atoms with Gasteiger partial charge in [-0.15, -0.1) is 0 Å². The maximum atomic E-state index is 13.9. The number of fused-ring (bicyclic) bond motifs is 3. The molecule has 1 aromatic carbocycles. The molecule has 0 radical (unpaired) electrons. The van der Waals surface area contributed by atoms with E-state index in [4.69, 9.17) is 5.73 Å². The van der Waals surface area contributed by atoms with E-state index in [0.717, 1.165) is 32.4 Å². The zero-order valence-corrected chi connectivity index (χ0v) is 23.1. The first kappa shape index (κ1) is 28.8. The zero-order valence-electron chi connectivity index (χ0n) is 23.1. The number of aromatic hydroxyl groups is 1. The SMILES string of the molecule is CN1CCC(CCc2ccc3c(c2O)C(=O)C2C(=O)[C@@]4(O)C(=O)C(C(N)=O)C(O)[C@H](N(C)C)[C@H]4[C@H](O)[C@H]2C3)CC1. The van der Waals surface area contributed by atoms with Crippen molar-refractivity contribution in [1.82, 2.24) is 9.80 Å². The maximum Gasteiger partial charge on any atom is 0.230 e. The van der Waals surface area contributed by atoms with Gasteiger partial charge in [-0.25, -0.2) is 0 Å². The van der Waals surface area contributed by atoms with Crippen molar-refractivity contribution in [1.29, 1.82) is 0 Å². The molecule has 3 aliphatic carbocycles. The molecule has 0 spiro atoms. The number of aliphatic hydroxyl groups excluding tert-OH is 2. The average molecular weight is 558 g/mol. The minimum Gasteiger partial charge on any atom is -0.507 e. The molecule has 1 heterocycles.